The molecule has 0 aliphatic carbocycles. The molecular formula is C12H10F3N3O. The maximum atomic E-state index is 12.2. The van der Waals surface area contributed by atoms with Gasteiger partial charge >= 0.3 is 6.36 Å². The van der Waals surface area contributed by atoms with Crippen LogP contribution in [0.3, 0.4) is 0 Å². The Morgan fingerprint density at radius 3 is 2.47 bits per heavy atom. The number of hydrogen-bond acceptors (Lipinski definition) is 4. The highest BCUT2D eigenvalue weighted by Crippen LogP contribution is 2.31. The number of hydrogen-bond donors (Lipinski definition) is 2. The Bertz CT molecular complexity index is 555. The Kier molecular flexibility index (Phi) is 3.46. The molecule has 100 valence electrons. The highest BCUT2D eigenvalue weighted by Gasteiger charge is 2.32. The van der Waals surface area contributed by atoms with Crippen LogP contribution in [0.25, 0.3) is 0 Å². The molecule has 0 spiro atoms. The lowest BCUT2D eigenvalue weighted by atomic mass is 10.3. The van der Waals surface area contributed by atoms with E-state index in [1.54, 1.807) is 18.2 Å². The molecule has 2 aromatic rings. The summed E-state index contributed by atoms with van der Waals surface area (Å²) >= 11 is 0. The molecule has 7 heteroatoms. The molecule has 2 rings (SSSR count). The van der Waals surface area contributed by atoms with E-state index >= 15 is 0 Å². The van der Waals surface area contributed by atoms with Gasteiger partial charge in [-0.25, -0.2) is 4.98 Å². The van der Waals surface area contributed by atoms with E-state index in [0.29, 0.717) is 11.5 Å². The maximum Gasteiger partial charge on any atom is 0.573 e. The van der Waals surface area contributed by atoms with Gasteiger partial charge in [0.25, 0.3) is 0 Å². The van der Waals surface area contributed by atoms with Crippen LogP contribution in [0, 0.1) is 0 Å². The SMILES string of the molecule is Nc1ccc(Nc2ccccc2OC(F)(F)F)nc1. The molecule has 1 heterocycles. The second kappa shape index (κ2) is 5.05. The van der Waals surface area contributed by atoms with Gasteiger partial charge in [0.2, 0.25) is 0 Å². The summed E-state index contributed by atoms with van der Waals surface area (Å²) in [5, 5.41) is 2.73. The van der Waals surface area contributed by atoms with E-state index in [-0.39, 0.29) is 11.4 Å². The summed E-state index contributed by atoms with van der Waals surface area (Å²) in [4.78, 5) is 3.94. The van der Waals surface area contributed by atoms with Crippen LogP contribution in [0.15, 0.2) is 42.6 Å². The predicted octanol–water partition coefficient (Wildman–Crippen LogP) is 3.31. The minimum Gasteiger partial charge on any atom is -0.404 e. The van der Waals surface area contributed by atoms with Gasteiger partial charge in [-0.3, -0.25) is 0 Å². The second-order valence-corrected chi connectivity index (χ2v) is 3.65. The number of rotatable bonds is 3. The van der Waals surface area contributed by atoms with Crippen LogP contribution in [0.5, 0.6) is 5.75 Å². The molecule has 4 nitrogen and oxygen atoms in total. The van der Waals surface area contributed by atoms with Gasteiger partial charge < -0.3 is 15.8 Å². The minimum absolute atomic E-state index is 0.164. The van der Waals surface area contributed by atoms with Crippen LogP contribution in [0.1, 0.15) is 0 Å². The molecule has 3 N–H and O–H groups in total. The van der Waals surface area contributed by atoms with E-state index in [2.05, 4.69) is 15.0 Å². The number of anilines is 3. The van der Waals surface area contributed by atoms with E-state index in [1.807, 2.05) is 0 Å². The van der Waals surface area contributed by atoms with Crippen LogP contribution < -0.4 is 15.8 Å². The van der Waals surface area contributed by atoms with Gasteiger partial charge in [0, 0.05) is 0 Å². The third-order valence-electron chi connectivity index (χ3n) is 2.16. The summed E-state index contributed by atoms with van der Waals surface area (Å²) in [5.41, 5.74) is 6.10. The molecule has 19 heavy (non-hydrogen) atoms. The van der Waals surface area contributed by atoms with Gasteiger partial charge in [0.15, 0.2) is 5.75 Å². The summed E-state index contributed by atoms with van der Waals surface area (Å²) in [6, 6.07) is 8.85. The van der Waals surface area contributed by atoms with Crippen LogP contribution in [-0.4, -0.2) is 11.3 Å². The van der Waals surface area contributed by atoms with Crippen molar-refractivity contribution < 1.29 is 17.9 Å². The number of nitrogens with zero attached hydrogens (tertiary/aromatic N) is 1. The van der Waals surface area contributed by atoms with E-state index in [1.165, 1.54) is 24.4 Å². The van der Waals surface area contributed by atoms with Crippen molar-refractivity contribution in [2.24, 2.45) is 0 Å². The number of nitrogens with one attached hydrogen (secondary N) is 1. The van der Waals surface area contributed by atoms with E-state index in [4.69, 9.17) is 5.73 Å². The van der Waals surface area contributed by atoms with Crippen molar-refractivity contribution in [2.75, 3.05) is 11.1 Å². The minimum atomic E-state index is -4.74. The Hall–Kier alpha value is -2.44. The summed E-state index contributed by atoms with van der Waals surface area (Å²) in [6.45, 7) is 0. The lowest BCUT2D eigenvalue weighted by Crippen LogP contribution is -2.17. The first-order chi connectivity index (χ1) is 8.94. The number of alkyl halides is 3. The number of halogens is 3. The van der Waals surface area contributed by atoms with Crippen molar-refractivity contribution in [3.63, 3.8) is 0 Å². The number of nitrogens with two attached hydrogens (primary N) is 1. The van der Waals surface area contributed by atoms with Crippen molar-refractivity contribution in [2.45, 2.75) is 6.36 Å². The zero-order valence-electron chi connectivity index (χ0n) is 9.61. The smallest absolute Gasteiger partial charge is 0.404 e. The van der Waals surface area contributed by atoms with Crippen molar-refractivity contribution in [1.82, 2.24) is 4.98 Å². The van der Waals surface area contributed by atoms with Crippen molar-refractivity contribution >= 4 is 17.2 Å². The lowest BCUT2D eigenvalue weighted by Gasteiger charge is -2.14. The average molecular weight is 269 g/mol. The fourth-order valence-electron chi connectivity index (χ4n) is 1.40. The monoisotopic (exact) mass is 269 g/mol. The molecule has 0 amide bonds. The van der Waals surface area contributed by atoms with Gasteiger partial charge in [-0.2, -0.15) is 0 Å². The number of ether oxygens (including phenoxy) is 1. The van der Waals surface area contributed by atoms with Crippen molar-refractivity contribution in [1.29, 1.82) is 0 Å². The molecule has 0 atom stereocenters. The molecule has 0 aliphatic rings. The summed E-state index contributed by atoms with van der Waals surface area (Å²) in [6.07, 6.45) is -3.35. The number of nitrogen functional groups attached to an aromatic ring is 1. The van der Waals surface area contributed by atoms with Crippen LogP contribution in [-0.2, 0) is 0 Å². The Morgan fingerprint density at radius 2 is 1.84 bits per heavy atom. The summed E-state index contributed by atoms with van der Waals surface area (Å²) < 4.78 is 40.6. The molecule has 0 saturated carbocycles. The number of benzene rings is 1. The van der Waals surface area contributed by atoms with Crippen molar-refractivity contribution in [3.8, 4) is 5.75 Å². The van der Waals surface area contributed by atoms with Gasteiger partial charge in [0.1, 0.15) is 5.82 Å². The summed E-state index contributed by atoms with van der Waals surface area (Å²) in [7, 11) is 0. The van der Waals surface area contributed by atoms with Crippen LogP contribution in [0.4, 0.5) is 30.4 Å². The topological polar surface area (TPSA) is 60.2 Å². The van der Waals surface area contributed by atoms with Gasteiger partial charge in [0.05, 0.1) is 17.6 Å². The first-order valence-electron chi connectivity index (χ1n) is 5.27. The largest absolute Gasteiger partial charge is 0.573 e. The molecule has 0 bridgehead atoms. The average Bonchev–Trinajstić information content (AvgIpc) is 2.33. The summed E-state index contributed by atoms with van der Waals surface area (Å²) in [5.74, 6) is 0.0426. The molecule has 1 aromatic heterocycles. The molecule has 0 fully saturated rings. The number of para-hydroxylation sites is 2. The maximum absolute atomic E-state index is 12.2. The van der Waals surface area contributed by atoms with Crippen molar-refractivity contribution in [3.05, 3.63) is 42.6 Å². The fraction of sp³-hybridized carbons (Fsp3) is 0.0833. The molecule has 0 aliphatic heterocycles. The molecule has 0 radical (unpaired) electrons. The van der Waals surface area contributed by atoms with E-state index in [9.17, 15) is 13.2 Å². The zero-order valence-corrected chi connectivity index (χ0v) is 9.61. The second-order valence-electron chi connectivity index (χ2n) is 3.65. The zero-order chi connectivity index (χ0) is 13.9. The van der Waals surface area contributed by atoms with Crippen LogP contribution >= 0.6 is 0 Å². The van der Waals surface area contributed by atoms with Crippen LogP contribution in [0.2, 0.25) is 0 Å². The highest BCUT2D eigenvalue weighted by molar-refractivity contribution is 5.64. The normalized spacial score (nSPS) is 11.1. The third-order valence-corrected chi connectivity index (χ3v) is 2.16. The molecule has 1 aromatic carbocycles. The number of aromatic nitrogens is 1. The molecule has 0 saturated heterocycles. The van der Waals surface area contributed by atoms with Gasteiger partial charge in [-0.1, -0.05) is 12.1 Å². The fourth-order valence-corrected chi connectivity index (χ4v) is 1.40. The Balaban J connectivity index is 2.22. The Labute approximate surface area is 107 Å². The number of pyridine rings is 1. The standard InChI is InChI=1S/C12H10F3N3O/c13-12(14,15)19-10-4-2-1-3-9(10)18-11-6-5-8(16)7-17-11/h1-7H,16H2,(H,17,18). The highest BCUT2D eigenvalue weighted by atomic mass is 19.4. The predicted molar refractivity (Wildman–Crippen MR) is 65.1 cm³/mol. The first-order valence-corrected chi connectivity index (χ1v) is 5.27. The lowest BCUT2D eigenvalue weighted by molar-refractivity contribution is -0.274. The molecular weight excluding hydrogens is 259 g/mol. The quantitative estimate of drug-likeness (QED) is 0.897. The van der Waals surface area contributed by atoms with E-state index < -0.39 is 6.36 Å². The molecule has 0 unspecified atom stereocenters. The first kappa shape index (κ1) is 13.0. The van der Waals surface area contributed by atoms with Gasteiger partial charge in [-0.15, -0.1) is 13.2 Å². The van der Waals surface area contributed by atoms with Gasteiger partial charge in [-0.05, 0) is 24.3 Å². The van der Waals surface area contributed by atoms with E-state index in [0.717, 1.165) is 0 Å². The Morgan fingerprint density at radius 1 is 1.11 bits per heavy atom. The third kappa shape index (κ3) is 3.77.